The Kier molecular flexibility index (Phi) is 9.71. The molecule has 64 heavy (non-hydrogen) atoms. The number of carbonyl (C=O) groups is 4. The van der Waals surface area contributed by atoms with Crippen LogP contribution in [0.2, 0.25) is 0 Å². The third kappa shape index (κ3) is 7.10. The van der Waals surface area contributed by atoms with Crippen molar-refractivity contribution in [1.82, 2.24) is 40.4 Å². The van der Waals surface area contributed by atoms with Crippen LogP contribution in [0, 0.1) is 23.7 Å². The van der Waals surface area contributed by atoms with Crippen LogP contribution in [0.3, 0.4) is 0 Å². The first-order valence-electron chi connectivity index (χ1n) is 21.9. The number of aromatic nitrogens is 4. The minimum Gasteiger partial charge on any atom is -0.453 e. The number of benzene rings is 4. The normalized spacial score (nSPS) is 23.0. The van der Waals surface area contributed by atoms with E-state index in [0.29, 0.717) is 23.0 Å². The van der Waals surface area contributed by atoms with Gasteiger partial charge in [0, 0.05) is 34.5 Å². The highest BCUT2D eigenvalue weighted by molar-refractivity contribution is 5.89. The van der Waals surface area contributed by atoms with Gasteiger partial charge in [0.1, 0.15) is 23.7 Å². The van der Waals surface area contributed by atoms with Crippen molar-refractivity contribution < 1.29 is 28.7 Å². The zero-order chi connectivity index (χ0) is 43.6. The lowest BCUT2D eigenvalue weighted by Gasteiger charge is -2.30. The topological polar surface area (TPSA) is 175 Å². The fourth-order valence-electron chi connectivity index (χ4n) is 10.3. The van der Waals surface area contributed by atoms with Crippen molar-refractivity contribution in [2.45, 2.75) is 74.8 Å². The quantitative estimate of drug-likeness (QED) is 0.119. The van der Waals surface area contributed by atoms with Crippen LogP contribution in [0.25, 0.3) is 22.3 Å². The molecule has 3 aliphatic carbocycles. The summed E-state index contributed by atoms with van der Waals surface area (Å²) in [4.78, 5) is 74.3. The van der Waals surface area contributed by atoms with E-state index in [-0.39, 0.29) is 36.0 Å². The second kappa shape index (κ2) is 15.7. The van der Waals surface area contributed by atoms with Gasteiger partial charge in [-0.3, -0.25) is 9.59 Å². The highest BCUT2D eigenvalue weighted by Crippen LogP contribution is 2.55. The van der Waals surface area contributed by atoms with E-state index in [0.717, 1.165) is 89.3 Å². The lowest BCUT2D eigenvalue weighted by molar-refractivity contribution is -0.136. The highest BCUT2D eigenvalue weighted by atomic mass is 16.5. The van der Waals surface area contributed by atoms with Crippen LogP contribution in [0.15, 0.2) is 97.1 Å². The number of aryl methyl sites for hydroxylation is 2. The first-order chi connectivity index (χ1) is 31.2. The Morgan fingerprint density at radius 2 is 1.20 bits per heavy atom. The predicted octanol–water partition coefficient (Wildman–Crippen LogP) is 6.97. The minimum absolute atomic E-state index is 0.103. The number of piperidine rings is 2. The maximum absolute atomic E-state index is 14.3. The van der Waals surface area contributed by atoms with Crippen molar-refractivity contribution in [2.75, 3.05) is 14.2 Å². The summed E-state index contributed by atoms with van der Waals surface area (Å²) in [5.74, 6) is 8.68. The number of rotatable bonds is 8. The first kappa shape index (κ1) is 39.4. The first-order valence-corrected chi connectivity index (χ1v) is 21.9. The summed E-state index contributed by atoms with van der Waals surface area (Å²) in [6.07, 6.45) is 3.80. The molecule has 14 nitrogen and oxygen atoms in total. The molecular formula is C50H46N8O6. The van der Waals surface area contributed by atoms with Crippen molar-refractivity contribution in [1.29, 1.82) is 0 Å². The number of hydrogen-bond acceptors (Lipinski definition) is 8. The molecule has 4 heterocycles. The lowest BCUT2D eigenvalue weighted by atomic mass is 9.91. The number of amides is 4. The summed E-state index contributed by atoms with van der Waals surface area (Å²) in [7, 11) is 2.59. The van der Waals surface area contributed by atoms with Gasteiger partial charge in [0.05, 0.1) is 43.0 Å². The maximum Gasteiger partial charge on any atom is 0.407 e. The molecule has 2 aromatic heterocycles. The van der Waals surface area contributed by atoms with Gasteiger partial charge < -0.3 is 39.9 Å². The number of nitrogens with zero attached hydrogens (tertiary/aromatic N) is 4. The second-order valence-electron chi connectivity index (χ2n) is 17.5. The maximum atomic E-state index is 14.3. The van der Waals surface area contributed by atoms with E-state index in [1.54, 1.807) is 0 Å². The number of H-pyrrole nitrogens is 2. The fraction of sp³-hybridized carbons (Fsp3) is 0.320. The summed E-state index contributed by atoms with van der Waals surface area (Å²) in [5.41, 5.74) is 8.95. The van der Waals surface area contributed by atoms with Crippen LogP contribution in [0.4, 0.5) is 9.59 Å². The van der Waals surface area contributed by atoms with Crippen LogP contribution in [-0.2, 0) is 31.9 Å². The molecule has 1 unspecified atom stereocenters. The van der Waals surface area contributed by atoms with Gasteiger partial charge in [0.2, 0.25) is 0 Å². The molecule has 2 saturated carbocycles. The number of methoxy groups -OCH3 is 2. The highest BCUT2D eigenvalue weighted by Gasteiger charge is 2.57. The fourth-order valence-corrected chi connectivity index (χ4v) is 10.3. The van der Waals surface area contributed by atoms with Gasteiger partial charge in [-0.05, 0) is 97.4 Å². The van der Waals surface area contributed by atoms with E-state index in [4.69, 9.17) is 19.4 Å². The molecule has 4 N–H and O–H groups in total. The summed E-state index contributed by atoms with van der Waals surface area (Å²) in [5, 5.41) is 5.53. The molecule has 0 spiro atoms. The molecule has 8 atom stereocenters. The third-order valence-corrected chi connectivity index (χ3v) is 13.7. The molecule has 6 aromatic rings. The molecule has 11 rings (SSSR count). The average molecular weight is 855 g/mol. The molecule has 322 valence electrons. The number of carbonyl (C=O) groups excluding carboxylic acids is 4. The van der Waals surface area contributed by atoms with E-state index in [1.807, 2.05) is 94.7 Å². The predicted molar refractivity (Wildman–Crippen MR) is 235 cm³/mol. The van der Waals surface area contributed by atoms with Gasteiger partial charge in [0.25, 0.3) is 11.8 Å². The van der Waals surface area contributed by atoms with Crippen molar-refractivity contribution in [3.63, 3.8) is 0 Å². The Morgan fingerprint density at radius 3 is 1.78 bits per heavy atom. The monoisotopic (exact) mass is 854 g/mol. The number of imidazole rings is 2. The summed E-state index contributed by atoms with van der Waals surface area (Å²) >= 11 is 0. The van der Waals surface area contributed by atoms with Crippen molar-refractivity contribution >= 4 is 35.0 Å². The Bertz CT molecular complexity index is 2900. The Morgan fingerprint density at radius 1 is 0.656 bits per heavy atom. The van der Waals surface area contributed by atoms with Crippen LogP contribution < -0.4 is 10.6 Å². The molecule has 2 saturated heterocycles. The van der Waals surface area contributed by atoms with Crippen LogP contribution in [0.5, 0.6) is 0 Å². The molecule has 4 fully saturated rings. The Hall–Kier alpha value is -7.40. The zero-order valence-corrected chi connectivity index (χ0v) is 35.3. The molecule has 5 aliphatic rings. The summed E-state index contributed by atoms with van der Waals surface area (Å²) in [6.45, 7) is 0. The average Bonchev–Trinajstić information content (AvgIpc) is 3.98. The molecular weight excluding hydrogens is 809 g/mol. The second-order valence-corrected chi connectivity index (χ2v) is 17.5. The van der Waals surface area contributed by atoms with Gasteiger partial charge in [-0.25, -0.2) is 19.6 Å². The van der Waals surface area contributed by atoms with Crippen molar-refractivity contribution in [2.24, 2.45) is 11.8 Å². The van der Waals surface area contributed by atoms with Gasteiger partial charge in [-0.2, -0.15) is 0 Å². The largest absolute Gasteiger partial charge is 0.453 e. The smallest absolute Gasteiger partial charge is 0.407 e. The van der Waals surface area contributed by atoms with E-state index in [1.165, 1.54) is 19.8 Å². The van der Waals surface area contributed by atoms with E-state index in [2.05, 4.69) is 44.6 Å². The van der Waals surface area contributed by atoms with Gasteiger partial charge in [-0.1, -0.05) is 78.6 Å². The number of hydrogen-bond donors (Lipinski definition) is 4. The van der Waals surface area contributed by atoms with Crippen LogP contribution in [0.1, 0.15) is 95.0 Å². The molecule has 4 aromatic carbocycles. The standard InChI is InChI=1S/C50H46N8O6/c1-63-49(61)55-42(29-9-5-3-6-10-29)47(59)57-38-23-32(38)25-40(57)45-51-35-19-16-28(22-37(35)53-45)14-13-27-15-18-34-31(21-27)17-20-36-44(34)54-46(52-36)41-26-33-24-39(33)58(41)48(60)43(56-50(62)64-2)30-11-7-4-8-12-30/h3-12,15-16,18-19,21-22,32-33,38-43H,17,20,23-26H2,1-2H3,(H,51,53)(H,52,54)(H,55,61)(H,56,62)/t32-,33-,38-,39-,40+,41+,42-,43?/m1/s1. The summed E-state index contributed by atoms with van der Waals surface area (Å²) in [6, 6.07) is 28.7. The van der Waals surface area contributed by atoms with Crippen LogP contribution >= 0.6 is 0 Å². The number of aromatic amines is 2. The molecule has 14 heteroatoms. The van der Waals surface area contributed by atoms with Gasteiger partial charge in [0.15, 0.2) is 0 Å². The van der Waals surface area contributed by atoms with E-state index in [9.17, 15) is 19.2 Å². The Labute approximate surface area is 369 Å². The molecule has 4 amide bonds. The molecule has 0 bridgehead atoms. The van der Waals surface area contributed by atoms with Gasteiger partial charge >= 0.3 is 12.2 Å². The number of ether oxygens (including phenoxy) is 2. The van der Waals surface area contributed by atoms with Gasteiger partial charge in [-0.15, -0.1) is 0 Å². The van der Waals surface area contributed by atoms with Crippen molar-refractivity contribution in [3.05, 3.63) is 142 Å². The zero-order valence-electron chi connectivity index (χ0n) is 35.3. The number of nitrogens with one attached hydrogen (secondary N) is 4. The molecule has 2 aliphatic heterocycles. The van der Waals surface area contributed by atoms with Crippen molar-refractivity contribution in [3.8, 4) is 23.1 Å². The Balaban J connectivity index is 0.810. The van der Waals surface area contributed by atoms with E-state index >= 15 is 0 Å². The number of alkyl carbamates (subject to hydrolysis) is 2. The molecule has 0 radical (unpaired) electrons. The third-order valence-electron chi connectivity index (χ3n) is 13.7. The summed E-state index contributed by atoms with van der Waals surface area (Å²) < 4.78 is 9.78. The van der Waals surface area contributed by atoms with Crippen LogP contribution in [-0.4, -0.2) is 80.0 Å². The number of fused-ring (bicyclic) bond motifs is 6. The SMILES string of the molecule is COC(=O)NC(C(=O)N1[C@@H]2C[C@@H]2C[C@H]1c1nc2c([nH]1)CCc1cc(C#Cc3ccc4nc([C@@H]5C[C@H]6C[C@H]6N5C(=O)[C@H](NC(=O)OC)c5ccccc5)[nH]c4c3)ccc1-2)c1ccccc1. The lowest BCUT2D eigenvalue weighted by Crippen LogP contribution is -2.44. The minimum atomic E-state index is -0.882. The number of likely N-dealkylation sites (tertiary alicyclic amines) is 2. The van der Waals surface area contributed by atoms with E-state index < -0.39 is 24.3 Å².